The van der Waals surface area contributed by atoms with E-state index in [-0.39, 0.29) is 5.56 Å². The highest BCUT2D eigenvalue weighted by Crippen LogP contribution is 2.32. The molecular formula is C13H13NO3. The first kappa shape index (κ1) is 11.3. The molecule has 0 bridgehead atoms. The van der Waals surface area contributed by atoms with E-state index < -0.39 is 5.97 Å². The van der Waals surface area contributed by atoms with Crippen LogP contribution in [0.4, 0.5) is 0 Å². The zero-order valence-electron chi connectivity index (χ0n) is 9.43. The number of carboxylic acids is 1. The first-order valence-electron chi connectivity index (χ1n) is 5.36. The molecule has 0 aliphatic rings. The molecule has 1 aromatic carbocycles. The second-order valence-corrected chi connectivity index (χ2v) is 3.52. The molecule has 0 fully saturated rings. The molecule has 0 saturated heterocycles. The van der Waals surface area contributed by atoms with Crippen LogP contribution in [0.25, 0.3) is 11.1 Å². The quantitative estimate of drug-likeness (QED) is 0.850. The Morgan fingerprint density at radius 2 is 2.06 bits per heavy atom. The fourth-order valence-electron chi connectivity index (χ4n) is 1.73. The van der Waals surface area contributed by atoms with Crippen LogP contribution in [0.3, 0.4) is 0 Å². The normalized spacial score (nSPS) is 10.2. The molecule has 0 aliphatic heterocycles. The number of nitrogens with one attached hydrogen (secondary N) is 1. The molecule has 0 spiro atoms. The van der Waals surface area contributed by atoms with Gasteiger partial charge in [-0.2, -0.15) is 0 Å². The molecule has 0 unspecified atom stereocenters. The van der Waals surface area contributed by atoms with Crippen molar-refractivity contribution >= 4 is 5.97 Å². The van der Waals surface area contributed by atoms with Crippen molar-refractivity contribution in [3.05, 3.63) is 42.2 Å². The maximum atomic E-state index is 11.1. The summed E-state index contributed by atoms with van der Waals surface area (Å²) in [5, 5.41) is 9.08. The van der Waals surface area contributed by atoms with E-state index in [0.29, 0.717) is 17.9 Å². The minimum Gasteiger partial charge on any atom is -0.493 e. The lowest BCUT2D eigenvalue weighted by Crippen LogP contribution is -1.98. The van der Waals surface area contributed by atoms with E-state index in [1.54, 1.807) is 6.20 Å². The van der Waals surface area contributed by atoms with Gasteiger partial charge in [0.15, 0.2) is 0 Å². The fraction of sp³-hybridized carbons (Fsp3) is 0.154. The maximum absolute atomic E-state index is 11.1. The van der Waals surface area contributed by atoms with Gasteiger partial charge in [0.1, 0.15) is 5.75 Å². The van der Waals surface area contributed by atoms with Crippen molar-refractivity contribution in [1.29, 1.82) is 0 Å². The number of carboxylic acid groups (broad SMARTS) is 1. The van der Waals surface area contributed by atoms with Crippen LogP contribution in [0.5, 0.6) is 5.75 Å². The van der Waals surface area contributed by atoms with Gasteiger partial charge in [0.2, 0.25) is 0 Å². The fourth-order valence-corrected chi connectivity index (χ4v) is 1.73. The van der Waals surface area contributed by atoms with Gasteiger partial charge in [0.25, 0.3) is 0 Å². The van der Waals surface area contributed by atoms with Crippen molar-refractivity contribution in [2.24, 2.45) is 0 Å². The number of para-hydroxylation sites is 1. The summed E-state index contributed by atoms with van der Waals surface area (Å²) in [5.74, 6) is -0.260. The molecule has 0 radical (unpaired) electrons. The van der Waals surface area contributed by atoms with E-state index in [1.165, 1.54) is 6.20 Å². The van der Waals surface area contributed by atoms with Gasteiger partial charge in [-0.05, 0) is 13.0 Å². The number of ether oxygens (including phenoxy) is 1. The number of carbonyl (C=O) groups is 1. The Bertz CT molecular complexity index is 531. The van der Waals surface area contributed by atoms with Crippen LogP contribution >= 0.6 is 0 Å². The predicted octanol–water partition coefficient (Wildman–Crippen LogP) is 2.78. The molecule has 2 N–H and O–H groups in total. The summed E-state index contributed by atoms with van der Waals surface area (Å²) < 4.78 is 5.49. The zero-order valence-corrected chi connectivity index (χ0v) is 9.43. The summed E-state index contributed by atoms with van der Waals surface area (Å²) in [6, 6.07) is 7.40. The van der Waals surface area contributed by atoms with Gasteiger partial charge in [-0.3, -0.25) is 0 Å². The maximum Gasteiger partial charge on any atom is 0.337 e. The van der Waals surface area contributed by atoms with Crippen LogP contribution < -0.4 is 4.74 Å². The SMILES string of the molecule is CCOc1ccccc1-c1c[nH]cc1C(=O)O. The largest absolute Gasteiger partial charge is 0.493 e. The third kappa shape index (κ3) is 2.15. The molecule has 1 heterocycles. The number of aromatic carboxylic acids is 1. The van der Waals surface area contributed by atoms with Crippen molar-refractivity contribution in [2.75, 3.05) is 6.61 Å². The highest BCUT2D eigenvalue weighted by molar-refractivity contribution is 5.96. The Balaban J connectivity index is 2.52. The minimum absolute atomic E-state index is 0.247. The highest BCUT2D eigenvalue weighted by atomic mass is 16.5. The molecule has 4 nitrogen and oxygen atoms in total. The van der Waals surface area contributed by atoms with E-state index in [0.717, 1.165) is 5.56 Å². The van der Waals surface area contributed by atoms with Crippen LogP contribution in [0.15, 0.2) is 36.7 Å². The van der Waals surface area contributed by atoms with E-state index in [1.807, 2.05) is 31.2 Å². The van der Waals surface area contributed by atoms with Gasteiger partial charge in [-0.1, -0.05) is 18.2 Å². The average Bonchev–Trinajstić information content (AvgIpc) is 2.79. The Kier molecular flexibility index (Phi) is 3.14. The number of aromatic amines is 1. The van der Waals surface area contributed by atoms with Crippen molar-refractivity contribution < 1.29 is 14.6 Å². The Morgan fingerprint density at radius 3 is 2.76 bits per heavy atom. The molecular weight excluding hydrogens is 218 g/mol. The van der Waals surface area contributed by atoms with Crippen LogP contribution in [0.2, 0.25) is 0 Å². The van der Waals surface area contributed by atoms with Crippen LogP contribution in [0, 0.1) is 0 Å². The molecule has 1 aromatic heterocycles. The molecule has 4 heteroatoms. The van der Waals surface area contributed by atoms with Gasteiger partial charge in [-0.15, -0.1) is 0 Å². The summed E-state index contributed by atoms with van der Waals surface area (Å²) in [6.07, 6.45) is 3.14. The predicted molar refractivity (Wildman–Crippen MR) is 64.4 cm³/mol. The number of hydrogen-bond acceptors (Lipinski definition) is 2. The van der Waals surface area contributed by atoms with Gasteiger partial charge in [-0.25, -0.2) is 4.79 Å². The number of rotatable bonds is 4. The Morgan fingerprint density at radius 1 is 1.29 bits per heavy atom. The zero-order chi connectivity index (χ0) is 12.3. The lowest BCUT2D eigenvalue weighted by atomic mass is 10.0. The Hall–Kier alpha value is -2.23. The first-order chi connectivity index (χ1) is 8.24. The van der Waals surface area contributed by atoms with Gasteiger partial charge in [0.05, 0.1) is 12.2 Å². The monoisotopic (exact) mass is 231 g/mol. The van der Waals surface area contributed by atoms with Crippen LogP contribution in [0.1, 0.15) is 17.3 Å². The summed E-state index contributed by atoms with van der Waals surface area (Å²) in [7, 11) is 0. The van der Waals surface area contributed by atoms with Crippen molar-refractivity contribution in [3.8, 4) is 16.9 Å². The van der Waals surface area contributed by atoms with E-state index in [9.17, 15) is 4.79 Å². The molecule has 0 aliphatic carbocycles. The molecule has 0 atom stereocenters. The molecule has 0 saturated carbocycles. The van der Waals surface area contributed by atoms with Gasteiger partial charge >= 0.3 is 5.97 Å². The van der Waals surface area contributed by atoms with Crippen molar-refractivity contribution in [1.82, 2.24) is 4.98 Å². The molecule has 0 amide bonds. The third-order valence-electron chi connectivity index (χ3n) is 2.45. The summed E-state index contributed by atoms with van der Waals surface area (Å²) in [5.41, 5.74) is 1.67. The van der Waals surface area contributed by atoms with E-state index >= 15 is 0 Å². The minimum atomic E-state index is -0.951. The van der Waals surface area contributed by atoms with Gasteiger partial charge in [0, 0.05) is 23.5 Å². The number of hydrogen-bond donors (Lipinski definition) is 2. The lowest BCUT2D eigenvalue weighted by Gasteiger charge is -2.09. The third-order valence-corrected chi connectivity index (χ3v) is 2.45. The smallest absolute Gasteiger partial charge is 0.337 e. The number of benzene rings is 1. The summed E-state index contributed by atoms with van der Waals surface area (Å²) in [4.78, 5) is 13.9. The number of H-pyrrole nitrogens is 1. The first-order valence-corrected chi connectivity index (χ1v) is 5.36. The second-order valence-electron chi connectivity index (χ2n) is 3.52. The molecule has 2 aromatic rings. The molecule has 88 valence electrons. The number of aromatic nitrogens is 1. The highest BCUT2D eigenvalue weighted by Gasteiger charge is 2.15. The van der Waals surface area contributed by atoms with Crippen LogP contribution in [-0.4, -0.2) is 22.7 Å². The molecule has 17 heavy (non-hydrogen) atoms. The topological polar surface area (TPSA) is 62.3 Å². The molecule has 2 rings (SSSR count). The average molecular weight is 231 g/mol. The van der Waals surface area contributed by atoms with Gasteiger partial charge < -0.3 is 14.8 Å². The van der Waals surface area contributed by atoms with E-state index in [2.05, 4.69) is 4.98 Å². The Labute approximate surface area is 98.9 Å². The summed E-state index contributed by atoms with van der Waals surface area (Å²) >= 11 is 0. The standard InChI is InChI=1S/C13H13NO3/c1-2-17-12-6-4-3-5-9(12)10-7-14-8-11(10)13(15)16/h3-8,14H,2H2,1H3,(H,15,16). The lowest BCUT2D eigenvalue weighted by molar-refractivity contribution is 0.0698. The van der Waals surface area contributed by atoms with Crippen LogP contribution in [-0.2, 0) is 0 Å². The van der Waals surface area contributed by atoms with Crippen molar-refractivity contribution in [3.63, 3.8) is 0 Å². The van der Waals surface area contributed by atoms with Crippen molar-refractivity contribution in [2.45, 2.75) is 6.92 Å². The summed E-state index contributed by atoms with van der Waals surface area (Å²) in [6.45, 7) is 2.44. The van der Waals surface area contributed by atoms with E-state index in [4.69, 9.17) is 9.84 Å². The second kappa shape index (κ2) is 4.74.